The lowest BCUT2D eigenvalue weighted by Gasteiger charge is -2.38. The normalized spacial score (nSPS) is 18.6. The van der Waals surface area contributed by atoms with Crippen molar-refractivity contribution < 1.29 is 14.6 Å². The third-order valence-corrected chi connectivity index (χ3v) is 6.76. The number of aliphatic carboxylic acids is 1. The summed E-state index contributed by atoms with van der Waals surface area (Å²) in [5, 5.41) is 13.7. The van der Waals surface area contributed by atoms with Crippen molar-refractivity contribution in [3.8, 4) is 5.75 Å². The molecule has 1 saturated heterocycles. The molecule has 0 aliphatic carbocycles. The van der Waals surface area contributed by atoms with Crippen LogP contribution in [0.2, 0.25) is 5.02 Å². The lowest BCUT2D eigenvalue weighted by molar-refractivity contribution is -0.143. The minimum absolute atomic E-state index is 0.103. The second-order valence-corrected chi connectivity index (χ2v) is 8.72. The van der Waals surface area contributed by atoms with Gasteiger partial charge >= 0.3 is 5.97 Å². The summed E-state index contributed by atoms with van der Waals surface area (Å²) in [6.07, 6.45) is 1.58. The highest BCUT2D eigenvalue weighted by atomic mass is 35.5. The molecular formula is C23H24ClNO3S. The summed E-state index contributed by atoms with van der Waals surface area (Å²) in [6, 6.07) is 14.0. The average molecular weight is 430 g/mol. The number of carboxylic acid groups (broad SMARTS) is 1. The highest BCUT2D eigenvalue weighted by Gasteiger charge is 2.34. The molecule has 1 fully saturated rings. The molecule has 4 rings (SSSR count). The van der Waals surface area contributed by atoms with Crippen LogP contribution in [-0.2, 0) is 4.79 Å². The van der Waals surface area contributed by atoms with Gasteiger partial charge in [-0.3, -0.25) is 9.69 Å². The fourth-order valence-electron chi connectivity index (χ4n) is 4.23. The van der Waals surface area contributed by atoms with Crippen LogP contribution in [0.3, 0.4) is 0 Å². The first kappa shape index (κ1) is 20.2. The van der Waals surface area contributed by atoms with Crippen LogP contribution in [0.25, 0.3) is 10.1 Å². The van der Waals surface area contributed by atoms with E-state index in [2.05, 4.69) is 22.4 Å². The number of halogens is 1. The molecule has 152 valence electrons. The van der Waals surface area contributed by atoms with Crippen LogP contribution in [0.15, 0.2) is 47.8 Å². The molecule has 0 amide bonds. The minimum atomic E-state index is -0.722. The Morgan fingerprint density at radius 2 is 2.14 bits per heavy atom. The van der Waals surface area contributed by atoms with Gasteiger partial charge in [0, 0.05) is 21.8 Å². The van der Waals surface area contributed by atoms with E-state index in [-0.39, 0.29) is 12.0 Å². The molecule has 1 aliphatic heterocycles. The Balaban J connectivity index is 1.86. The molecule has 2 unspecified atom stereocenters. The van der Waals surface area contributed by atoms with Crippen molar-refractivity contribution in [1.82, 2.24) is 4.90 Å². The van der Waals surface area contributed by atoms with Gasteiger partial charge in [0.15, 0.2) is 0 Å². The summed E-state index contributed by atoms with van der Waals surface area (Å²) >= 11 is 8.11. The zero-order chi connectivity index (χ0) is 20.4. The Labute approximate surface area is 179 Å². The van der Waals surface area contributed by atoms with Crippen molar-refractivity contribution in [3.63, 3.8) is 0 Å². The third kappa shape index (κ3) is 4.13. The number of ether oxygens (including phenoxy) is 1. The number of piperidine rings is 1. The van der Waals surface area contributed by atoms with Crippen molar-refractivity contribution in [2.24, 2.45) is 5.92 Å². The molecule has 3 aromatic rings. The molecule has 6 heteroatoms. The summed E-state index contributed by atoms with van der Waals surface area (Å²) in [5.41, 5.74) is 2.17. The van der Waals surface area contributed by atoms with Gasteiger partial charge in [0.1, 0.15) is 5.75 Å². The van der Waals surface area contributed by atoms with E-state index in [1.807, 2.05) is 37.3 Å². The van der Waals surface area contributed by atoms with Crippen LogP contribution >= 0.6 is 22.9 Å². The van der Waals surface area contributed by atoms with Crippen molar-refractivity contribution in [1.29, 1.82) is 0 Å². The molecule has 4 nitrogen and oxygen atoms in total. The van der Waals surface area contributed by atoms with Crippen LogP contribution in [0.4, 0.5) is 0 Å². The highest BCUT2D eigenvalue weighted by molar-refractivity contribution is 7.17. The van der Waals surface area contributed by atoms with E-state index in [0.717, 1.165) is 30.7 Å². The lowest BCUT2D eigenvalue weighted by Crippen LogP contribution is -2.41. The second-order valence-electron chi connectivity index (χ2n) is 7.38. The van der Waals surface area contributed by atoms with Gasteiger partial charge in [0.05, 0.1) is 18.6 Å². The lowest BCUT2D eigenvalue weighted by atomic mass is 9.91. The van der Waals surface area contributed by atoms with Crippen molar-refractivity contribution >= 4 is 39.0 Å². The van der Waals surface area contributed by atoms with Gasteiger partial charge < -0.3 is 9.84 Å². The maximum atomic E-state index is 11.7. The summed E-state index contributed by atoms with van der Waals surface area (Å²) in [5.74, 6) is -0.278. The Morgan fingerprint density at radius 3 is 2.93 bits per heavy atom. The molecule has 29 heavy (non-hydrogen) atoms. The van der Waals surface area contributed by atoms with E-state index in [1.54, 1.807) is 11.3 Å². The van der Waals surface area contributed by atoms with Gasteiger partial charge in [-0.05, 0) is 66.9 Å². The van der Waals surface area contributed by atoms with E-state index in [0.29, 0.717) is 18.2 Å². The summed E-state index contributed by atoms with van der Waals surface area (Å²) < 4.78 is 7.17. The summed E-state index contributed by atoms with van der Waals surface area (Å²) in [7, 11) is 0. The largest absolute Gasteiger partial charge is 0.494 e. The first-order valence-corrected chi connectivity index (χ1v) is 11.2. The molecule has 0 radical (unpaired) electrons. The molecule has 1 aromatic heterocycles. The number of carbonyl (C=O) groups is 1. The monoisotopic (exact) mass is 429 g/mol. The topological polar surface area (TPSA) is 49.8 Å². The van der Waals surface area contributed by atoms with Crippen molar-refractivity contribution in [2.45, 2.75) is 25.8 Å². The van der Waals surface area contributed by atoms with E-state index >= 15 is 0 Å². The van der Waals surface area contributed by atoms with Gasteiger partial charge in [-0.1, -0.05) is 29.8 Å². The zero-order valence-corrected chi connectivity index (χ0v) is 17.9. The zero-order valence-electron chi connectivity index (χ0n) is 16.3. The van der Waals surface area contributed by atoms with Crippen LogP contribution in [0, 0.1) is 5.92 Å². The number of benzene rings is 2. The van der Waals surface area contributed by atoms with Crippen LogP contribution in [0.5, 0.6) is 5.75 Å². The van der Waals surface area contributed by atoms with E-state index in [4.69, 9.17) is 16.3 Å². The number of likely N-dealkylation sites (tertiary alicyclic amines) is 1. The quantitative estimate of drug-likeness (QED) is 0.534. The minimum Gasteiger partial charge on any atom is -0.494 e. The number of fused-ring (bicyclic) bond motifs is 1. The molecule has 0 saturated carbocycles. The van der Waals surface area contributed by atoms with Crippen molar-refractivity contribution in [2.75, 3.05) is 19.7 Å². The van der Waals surface area contributed by atoms with Crippen LogP contribution < -0.4 is 4.74 Å². The number of carboxylic acids is 1. The fourth-order valence-corrected chi connectivity index (χ4v) is 5.39. The van der Waals surface area contributed by atoms with E-state index < -0.39 is 5.97 Å². The highest BCUT2D eigenvalue weighted by Crippen LogP contribution is 2.42. The van der Waals surface area contributed by atoms with Gasteiger partial charge in [-0.15, -0.1) is 11.3 Å². The molecule has 2 heterocycles. The molecular weight excluding hydrogens is 406 g/mol. The number of thiophene rings is 1. The smallest absolute Gasteiger partial charge is 0.307 e. The Morgan fingerprint density at radius 1 is 1.31 bits per heavy atom. The van der Waals surface area contributed by atoms with Gasteiger partial charge in [0.25, 0.3) is 0 Å². The van der Waals surface area contributed by atoms with Gasteiger partial charge in [-0.2, -0.15) is 0 Å². The molecule has 0 spiro atoms. The first-order chi connectivity index (χ1) is 14.1. The summed E-state index contributed by atoms with van der Waals surface area (Å²) in [6.45, 7) is 3.89. The Kier molecular flexibility index (Phi) is 6.09. The Hall–Kier alpha value is -2.08. The molecule has 2 aromatic carbocycles. The van der Waals surface area contributed by atoms with E-state index in [1.165, 1.54) is 15.6 Å². The maximum absolute atomic E-state index is 11.7. The fraction of sp³-hybridized carbons (Fsp3) is 0.348. The van der Waals surface area contributed by atoms with Gasteiger partial charge in [-0.25, -0.2) is 0 Å². The predicted molar refractivity (Wildman–Crippen MR) is 118 cm³/mol. The predicted octanol–water partition coefficient (Wildman–Crippen LogP) is 5.84. The standard InChI is InChI=1S/C23H24ClNO3S/c1-2-28-20-10-9-16(24)12-18(20)22(25-11-5-6-15(13-25)23(26)27)19-14-29-21-8-4-3-7-17(19)21/h3-4,7-10,12,14-15,22H,2,5-6,11,13H2,1H3,(H,26,27). The number of hydrogen-bond acceptors (Lipinski definition) is 4. The third-order valence-electron chi connectivity index (χ3n) is 5.54. The maximum Gasteiger partial charge on any atom is 0.307 e. The SMILES string of the molecule is CCOc1ccc(Cl)cc1C(c1csc2ccccc12)N1CCCC(C(=O)O)C1. The number of nitrogens with zero attached hydrogens (tertiary/aromatic N) is 1. The molecule has 2 atom stereocenters. The van der Waals surface area contributed by atoms with Crippen LogP contribution in [0.1, 0.15) is 36.9 Å². The van der Waals surface area contributed by atoms with Gasteiger partial charge in [0.2, 0.25) is 0 Å². The number of rotatable bonds is 6. The van der Waals surface area contributed by atoms with Crippen molar-refractivity contribution in [3.05, 3.63) is 64.0 Å². The van der Waals surface area contributed by atoms with E-state index in [9.17, 15) is 9.90 Å². The van der Waals surface area contributed by atoms with Crippen LogP contribution in [-0.4, -0.2) is 35.7 Å². The molecule has 1 N–H and O–H groups in total. The second kappa shape index (κ2) is 8.74. The Bertz CT molecular complexity index is 1020. The molecule has 0 bridgehead atoms. The summed E-state index contributed by atoms with van der Waals surface area (Å²) in [4.78, 5) is 14.0. The average Bonchev–Trinajstić information content (AvgIpc) is 3.14. The number of hydrogen-bond donors (Lipinski definition) is 1. The molecule has 1 aliphatic rings. The first-order valence-electron chi connectivity index (χ1n) is 9.93.